The van der Waals surface area contributed by atoms with Crippen LogP contribution in [0.2, 0.25) is 0 Å². The van der Waals surface area contributed by atoms with Crippen molar-refractivity contribution >= 4 is 16.9 Å². The van der Waals surface area contributed by atoms with Gasteiger partial charge in [0.05, 0.1) is 19.3 Å². The molecule has 5 heteroatoms. The topological polar surface area (TPSA) is 60.7 Å². The largest absolute Gasteiger partial charge is 0.491 e. The number of carbonyl (C=O) groups is 1. The molecule has 0 unspecified atom stereocenters. The molecule has 1 amide bonds. The standard InChI is InChI=1S/C21H25NO4/c1-5-7-16(6-2)14-24-11-10-22-21(23)20-13-17-12-18(25-15(3)4)8-9-19(17)26-20/h5-9,12-13,15H,1-2,10-11,14H2,3-4H3,(H,22,23)/b16-7+. The summed E-state index contributed by atoms with van der Waals surface area (Å²) < 4.78 is 16.7. The molecule has 0 atom stereocenters. The van der Waals surface area contributed by atoms with E-state index in [0.29, 0.717) is 25.3 Å². The highest BCUT2D eigenvalue weighted by molar-refractivity contribution is 5.96. The highest BCUT2D eigenvalue weighted by Crippen LogP contribution is 2.25. The van der Waals surface area contributed by atoms with Crippen molar-refractivity contribution in [1.82, 2.24) is 5.32 Å². The summed E-state index contributed by atoms with van der Waals surface area (Å²) in [6, 6.07) is 7.20. The number of hydrogen-bond donors (Lipinski definition) is 1. The van der Waals surface area contributed by atoms with Gasteiger partial charge in [0.1, 0.15) is 11.3 Å². The summed E-state index contributed by atoms with van der Waals surface area (Å²) in [6.07, 6.45) is 5.31. The second-order valence-corrected chi connectivity index (χ2v) is 5.97. The van der Waals surface area contributed by atoms with Gasteiger partial charge in [0, 0.05) is 11.9 Å². The zero-order valence-electron chi connectivity index (χ0n) is 15.3. The van der Waals surface area contributed by atoms with Crippen LogP contribution in [0.5, 0.6) is 5.75 Å². The molecule has 2 rings (SSSR count). The van der Waals surface area contributed by atoms with Crippen LogP contribution in [-0.4, -0.2) is 31.8 Å². The average Bonchev–Trinajstić information content (AvgIpc) is 3.03. The minimum atomic E-state index is -0.276. The number of fused-ring (bicyclic) bond motifs is 1. The maximum Gasteiger partial charge on any atom is 0.287 e. The Hall–Kier alpha value is -2.79. The number of nitrogens with one attached hydrogen (secondary N) is 1. The molecule has 0 saturated heterocycles. The summed E-state index contributed by atoms with van der Waals surface area (Å²) in [5.41, 5.74) is 1.58. The molecule has 0 spiro atoms. The van der Waals surface area contributed by atoms with Gasteiger partial charge in [-0.05, 0) is 43.7 Å². The van der Waals surface area contributed by atoms with E-state index in [0.717, 1.165) is 16.7 Å². The zero-order chi connectivity index (χ0) is 18.9. The minimum Gasteiger partial charge on any atom is -0.491 e. The van der Waals surface area contributed by atoms with Gasteiger partial charge < -0.3 is 19.2 Å². The Morgan fingerprint density at radius 1 is 1.31 bits per heavy atom. The van der Waals surface area contributed by atoms with Crippen molar-refractivity contribution < 1.29 is 18.7 Å². The molecule has 1 aromatic heterocycles. The summed E-state index contributed by atoms with van der Waals surface area (Å²) in [7, 11) is 0. The van der Waals surface area contributed by atoms with E-state index < -0.39 is 0 Å². The van der Waals surface area contributed by atoms with Crippen LogP contribution in [0.25, 0.3) is 11.0 Å². The van der Waals surface area contributed by atoms with Crippen molar-refractivity contribution in [3.05, 3.63) is 67.0 Å². The van der Waals surface area contributed by atoms with Crippen LogP contribution >= 0.6 is 0 Å². The van der Waals surface area contributed by atoms with E-state index in [2.05, 4.69) is 18.5 Å². The quantitative estimate of drug-likeness (QED) is 0.511. The molecule has 26 heavy (non-hydrogen) atoms. The molecule has 1 N–H and O–H groups in total. The number of benzene rings is 1. The normalized spacial score (nSPS) is 11.6. The molecule has 0 radical (unpaired) electrons. The lowest BCUT2D eigenvalue weighted by Crippen LogP contribution is -2.27. The van der Waals surface area contributed by atoms with Gasteiger partial charge >= 0.3 is 0 Å². The zero-order valence-corrected chi connectivity index (χ0v) is 15.3. The molecule has 0 saturated carbocycles. The van der Waals surface area contributed by atoms with E-state index in [-0.39, 0.29) is 17.8 Å². The number of carbonyl (C=O) groups excluding carboxylic acids is 1. The lowest BCUT2D eigenvalue weighted by molar-refractivity contribution is 0.0902. The summed E-state index contributed by atoms with van der Waals surface area (Å²) in [6.45, 7) is 12.5. The predicted molar refractivity (Wildman–Crippen MR) is 104 cm³/mol. The van der Waals surface area contributed by atoms with Crippen LogP contribution in [0.3, 0.4) is 0 Å². The van der Waals surface area contributed by atoms with Gasteiger partial charge in [0.15, 0.2) is 5.76 Å². The first-order valence-corrected chi connectivity index (χ1v) is 8.53. The number of amides is 1. The van der Waals surface area contributed by atoms with Gasteiger partial charge in [-0.2, -0.15) is 0 Å². The fourth-order valence-corrected chi connectivity index (χ4v) is 2.32. The van der Waals surface area contributed by atoms with Crippen LogP contribution in [0.1, 0.15) is 24.4 Å². The monoisotopic (exact) mass is 355 g/mol. The summed E-state index contributed by atoms with van der Waals surface area (Å²) in [4.78, 5) is 12.2. The lowest BCUT2D eigenvalue weighted by Gasteiger charge is -2.08. The van der Waals surface area contributed by atoms with Gasteiger partial charge in [0.25, 0.3) is 5.91 Å². The van der Waals surface area contributed by atoms with Crippen LogP contribution in [0.4, 0.5) is 0 Å². The molecule has 1 heterocycles. The van der Waals surface area contributed by atoms with Gasteiger partial charge in [-0.15, -0.1) is 0 Å². The van der Waals surface area contributed by atoms with Crippen LogP contribution in [-0.2, 0) is 4.74 Å². The van der Waals surface area contributed by atoms with E-state index in [1.807, 2.05) is 32.1 Å². The molecule has 138 valence electrons. The number of allylic oxidation sites excluding steroid dienone is 2. The predicted octanol–water partition coefficient (Wildman–Crippen LogP) is 4.26. The molecule has 0 aliphatic heterocycles. The van der Waals surface area contributed by atoms with Crippen LogP contribution in [0, 0.1) is 0 Å². The van der Waals surface area contributed by atoms with Crippen LogP contribution < -0.4 is 10.1 Å². The Balaban J connectivity index is 1.86. The number of ether oxygens (including phenoxy) is 2. The Labute approximate surface area is 154 Å². The molecule has 0 bridgehead atoms. The third-order valence-electron chi connectivity index (χ3n) is 3.48. The van der Waals surface area contributed by atoms with E-state index >= 15 is 0 Å². The molecular formula is C21H25NO4. The number of hydrogen-bond acceptors (Lipinski definition) is 4. The van der Waals surface area contributed by atoms with Crippen molar-refractivity contribution in [2.75, 3.05) is 19.8 Å². The Morgan fingerprint density at radius 2 is 2.12 bits per heavy atom. The SMILES string of the molecule is C=C/C=C(\C=C)COCCNC(=O)c1cc2cc(OC(C)C)ccc2o1. The highest BCUT2D eigenvalue weighted by atomic mass is 16.5. The summed E-state index contributed by atoms with van der Waals surface area (Å²) in [5, 5.41) is 3.60. The van der Waals surface area contributed by atoms with Gasteiger partial charge in [-0.25, -0.2) is 0 Å². The van der Waals surface area contributed by atoms with Crippen molar-refractivity contribution in [2.45, 2.75) is 20.0 Å². The van der Waals surface area contributed by atoms with E-state index in [1.54, 1.807) is 24.3 Å². The second kappa shape index (κ2) is 9.63. The second-order valence-electron chi connectivity index (χ2n) is 5.97. The van der Waals surface area contributed by atoms with Gasteiger partial charge in [-0.1, -0.05) is 31.4 Å². The molecule has 0 aliphatic rings. The van der Waals surface area contributed by atoms with Crippen molar-refractivity contribution in [1.29, 1.82) is 0 Å². The first-order chi connectivity index (χ1) is 12.5. The maximum absolute atomic E-state index is 12.2. The molecule has 2 aromatic rings. The highest BCUT2D eigenvalue weighted by Gasteiger charge is 2.12. The molecule has 0 fully saturated rings. The number of rotatable bonds is 10. The molecule has 1 aromatic carbocycles. The fraction of sp³-hybridized carbons (Fsp3) is 0.286. The lowest BCUT2D eigenvalue weighted by atomic mass is 10.2. The van der Waals surface area contributed by atoms with E-state index in [1.165, 1.54) is 0 Å². The summed E-state index contributed by atoms with van der Waals surface area (Å²) >= 11 is 0. The molecular weight excluding hydrogens is 330 g/mol. The Morgan fingerprint density at radius 3 is 2.81 bits per heavy atom. The van der Waals surface area contributed by atoms with Gasteiger partial charge in [0.2, 0.25) is 0 Å². The summed E-state index contributed by atoms with van der Waals surface area (Å²) in [5.74, 6) is 0.737. The van der Waals surface area contributed by atoms with E-state index in [4.69, 9.17) is 13.9 Å². The Bertz CT molecular complexity index is 801. The first kappa shape index (κ1) is 19.5. The smallest absolute Gasteiger partial charge is 0.287 e. The molecule has 5 nitrogen and oxygen atoms in total. The minimum absolute atomic E-state index is 0.0880. The maximum atomic E-state index is 12.2. The average molecular weight is 355 g/mol. The van der Waals surface area contributed by atoms with Crippen molar-refractivity contribution in [3.63, 3.8) is 0 Å². The van der Waals surface area contributed by atoms with Gasteiger partial charge in [-0.3, -0.25) is 4.79 Å². The third-order valence-corrected chi connectivity index (χ3v) is 3.48. The van der Waals surface area contributed by atoms with Crippen molar-refractivity contribution in [2.24, 2.45) is 0 Å². The fourth-order valence-electron chi connectivity index (χ4n) is 2.32. The Kier molecular flexibility index (Phi) is 7.24. The van der Waals surface area contributed by atoms with Crippen molar-refractivity contribution in [3.8, 4) is 5.75 Å². The first-order valence-electron chi connectivity index (χ1n) is 8.53. The van der Waals surface area contributed by atoms with E-state index in [9.17, 15) is 4.79 Å². The number of furan rings is 1. The molecule has 0 aliphatic carbocycles. The third kappa shape index (κ3) is 5.63. The van der Waals surface area contributed by atoms with Crippen LogP contribution in [0.15, 0.2) is 65.6 Å².